The first-order valence-corrected chi connectivity index (χ1v) is 9.42. The van der Waals surface area contributed by atoms with E-state index in [2.05, 4.69) is 25.2 Å². The highest BCUT2D eigenvalue weighted by Crippen LogP contribution is 2.38. The molecular formula is C20H26N2OS. The zero-order valence-corrected chi connectivity index (χ0v) is 15.3. The van der Waals surface area contributed by atoms with Gasteiger partial charge in [0.25, 0.3) is 0 Å². The third kappa shape index (κ3) is 4.25. The van der Waals surface area contributed by atoms with Crippen LogP contribution in [0.3, 0.4) is 0 Å². The Morgan fingerprint density at radius 1 is 1.25 bits per heavy atom. The Kier molecular flexibility index (Phi) is 5.07. The summed E-state index contributed by atoms with van der Waals surface area (Å²) in [5.74, 6) is 0.0715. The lowest BCUT2D eigenvalue weighted by Crippen LogP contribution is -2.24. The first-order chi connectivity index (χ1) is 11.4. The Balaban J connectivity index is 1.54. The molecule has 0 saturated heterocycles. The van der Waals surface area contributed by atoms with Gasteiger partial charge in [-0.25, -0.2) is 0 Å². The quantitative estimate of drug-likeness (QED) is 0.872. The number of amides is 1. The minimum atomic E-state index is 0.0715. The summed E-state index contributed by atoms with van der Waals surface area (Å²) in [5.41, 5.74) is 9.60. The molecule has 24 heavy (non-hydrogen) atoms. The van der Waals surface area contributed by atoms with E-state index in [0.717, 1.165) is 17.5 Å². The third-order valence-electron chi connectivity index (χ3n) is 4.73. The van der Waals surface area contributed by atoms with Crippen molar-refractivity contribution in [2.45, 2.75) is 52.6 Å². The van der Waals surface area contributed by atoms with Crippen LogP contribution in [0.5, 0.6) is 0 Å². The number of thiophene rings is 1. The second-order valence-corrected chi connectivity index (χ2v) is 8.70. The number of benzene rings is 1. The van der Waals surface area contributed by atoms with Gasteiger partial charge in [-0.1, -0.05) is 38.1 Å². The monoisotopic (exact) mass is 342 g/mol. The Bertz CT molecular complexity index is 716. The number of hydrogen-bond donors (Lipinski definition) is 2. The highest BCUT2D eigenvalue weighted by atomic mass is 32.1. The molecular weight excluding hydrogens is 316 g/mol. The van der Waals surface area contributed by atoms with Crippen LogP contribution in [-0.4, -0.2) is 5.91 Å². The second-order valence-electron chi connectivity index (χ2n) is 7.48. The molecule has 1 heterocycles. The number of nitrogens with one attached hydrogen (secondary N) is 1. The minimum Gasteiger partial charge on any atom is -0.351 e. The first kappa shape index (κ1) is 17.2. The number of hydrogen-bond acceptors (Lipinski definition) is 3. The highest BCUT2D eigenvalue weighted by molar-refractivity contribution is 7.12. The van der Waals surface area contributed by atoms with E-state index >= 15 is 0 Å². The Morgan fingerprint density at radius 2 is 1.96 bits per heavy atom. The summed E-state index contributed by atoms with van der Waals surface area (Å²) in [7, 11) is 0. The summed E-state index contributed by atoms with van der Waals surface area (Å²) in [6.07, 6.45) is 4.00. The SMILES string of the molecule is CC1(C)CCc2sc(CNC(=O)Cc3ccc(CN)cc3)cc2C1. The van der Waals surface area contributed by atoms with E-state index in [-0.39, 0.29) is 5.91 Å². The lowest BCUT2D eigenvalue weighted by Gasteiger charge is -2.29. The van der Waals surface area contributed by atoms with Crippen molar-refractivity contribution in [3.05, 3.63) is 56.8 Å². The molecule has 1 aliphatic carbocycles. The predicted molar refractivity (Wildman–Crippen MR) is 100 cm³/mol. The zero-order valence-electron chi connectivity index (χ0n) is 14.5. The maximum Gasteiger partial charge on any atom is 0.224 e. The van der Waals surface area contributed by atoms with E-state index < -0.39 is 0 Å². The number of carbonyl (C=O) groups excluding carboxylic acids is 1. The molecule has 1 aliphatic rings. The van der Waals surface area contributed by atoms with Gasteiger partial charge in [0.05, 0.1) is 13.0 Å². The summed E-state index contributed by atoms with van der Waals surface area (Å²) in [5, 5.41) is 3.05. The van der Waals surface area contributed by atoms with Crippen molar-refractivity contribution in [2.24, 2.45) is 11.1 Å². The number of carbonyl (C=O) groups is 1. The van der Waals surface area contributed by atoms with Crippen molar-refractivity contribution in [2.75, 3.05) is 0 Å². The van der Waals surface area contributed by atoms with Crippen LogP contribution < -0.4 is 11.1 Å². The van der Waals surface area contributed by atoms with Gasteiger partial charge in [-0.05, 0) is 47.4 Å². The largest absolute Gasteiger partial charge is 0.351 e. The van der Waals surface area contributed by atoms with Gasteiger partial charge in [-0.15, -0.1) is 11.3 Å². The molecule has 0 aliphatic heterocycles. The van der Waals surface area contributed by atoms with Crippen molar-refractivity contribution >= 4 is 17.2 Å². The first-order valence-electron chi connectivity index (χ1n) is 8.60. The van der Waals surface area contributed by atoms with Crippen LogP contribution in [-0.2, 0) is 37.1 Å². The maximum absolute atomic E-state index is 12.2. The molecule has 0 radical (unpaired) electrons. The summed E-state index contributed by atoms with van der Waals surface area (Å²) in [6, 6.07) is 10.2. The van der Waals surface area contributed by atoms with E-state index in [4.69, 9.17) is 5.73 Å². The Morgan fingerprint density at radius 3 is 2.67 bits per heavy atom. The summed E-state index contributed by atoms with van der Waals surface area (Å²) >= 11 is 1.86. The fraction of sp³-hybridized carbons (Fsp3) is 0.450. The van der Waals surface area contributed by atoms with Crippen LogP contribution >= 0.6 is 11.3 Å². The van der Waals surface area contributed by atoms with Crippen molar-refractivity contribution in [3.8, 4) is 0 Å². The van der Waals surface area contributed by atoms with E-state index in [1.807, 2.05) is 35.6 Å². The number of fused-ring (bicyclic) bond motifs is 1. The van der Waals surface area contributed by atoms with Crippen LogP contribution in [0.15, 0.2) is 30.3 Å². The van der Waals surface area contributed by atoms with Crippen LogP contribution in [0.25, 0.3) is 0 Å². The molecule has 1 amide bonds. The maximum atomic E-state index is 12.2. The summed E-state index contributed by atoms with van der Waals surface area (Å²) < 4.78 is 0. The molecule has 3 rings (SSSR count). The van der Waals surface area contributed by atoms with Gasteiger partial charge in [0.15, 0.2) is 0 Å². The van der Waals surface area contributed by atoms with Crippen molar-refractivity contribution in [1.82, 2.24) is 5.32 Å². The Labute approximate surface area is 148 Å². The van der Waals surface area contributed by atoms with Crippen LogP contribution in [0, 0.1) is 5.41 Å². The lowest BCUT2D eigenvalue weighted by atomic mass is 9.77. The van der Waals surface area contributed by atoms with Crippen molar-refractivity contribution in [1.29, 1.82) is 0 Å². The molecule has 2 aromatic rings. The van der Waals surface area contributed by atoms with Gasteiger partial charge in [0.1, 0.15) is 0 Å². The fourth-order valence-electron chi connectivity index (χ4n) is 3.26. The molecule has 0 saturated carbocycles. The van der Waals surface area contributed by atoms with Gasteiger partial charge in [0.2, 0.25) is 5.91 Å². The van der Waals surface area contributed by atoms with E-state index in [1.54, 1.807) is 0 Å². The van der Waals surface area contributed by atoms with Crippen molar-refractivity contribution in [3.63, 3.8) is 0 Å². The highest BCUT2D eigenvalue weighted by Gasteiger charge is 2.26. The number of aryl methyl sites for hydroxylation is 1. The van der Waals surface area contributed by atoms with Gasteiger partial charge in [-0.2, -0.15) is 0 Å². The molecule has 0 atom stereocenters. The van der Waals surface area contributed by atoms with Crippen LogP contribution in [0.2, 0.25) is 0 Å². The van der Waals surface area contributed by atoms with Gasteiger partial charge < -0.3 is 11.1 Å². The topological polar surface area (TPSA) is 55.1 Å². The molecule has 3 N–H and O–H groups in total. The molecule has 0 unspecified atom stereocenters. The van der Waals surface area contributed by atoms with Gasteiger partial charge >= 0.3 is 0 Å². The molecule has 128 valence electrons. The minimum absolute atomic E-state index is 0.0715. The number of rotatable bonds is 5. The van der Waals surface area contributed by atoms with Crippen molar-refractivity contribution < 1.29 is 4.79 Å². The summed E-state index contributed by atoms with van der Waals surface area (Å²) in [4.78, 5) is 14.9. The Hall–Kier alpha value is -1.65. The van der Waals surface area contributed by atoms with E-state index in [0.29, 0.717) is 24.9 Å². The fourth-order valence-corrected chi connectivity index (χ4v) is 4.39. The third-order valence-corrected chi connectivity index (χ3v) is 5.97. The molecule has 4 heteroatoms. The van der Waals surface area contributed by atoms with Crippen LogP contribution in [0.4, 0.5) is 0 Å². The van der Waals surface area contributed by atoms with Crippen LogP contribution in [0.1, 0.15) is 46.7 Å². The average Bonchev–Trinajstić information content (AvgIpc) is 2.94. The normalized spacial score (nSPS) is 15.8. The molecule has 1 aromatic carbocycles. The van der Waals surface area contributed by atoms with E-state index in [1.165, 1.54) is 28.2 Å². The average molecular weight is 343 g/mol. The molecule has 3 nitrogen and oxygen atoms in total. The van der Waals surface area contributed by atoms with Gasteiger partial charge in [-0.3, -0.25) is 4.79 Å². The standard InChI is InChI=1S/C20H26N2OS/c1-20(2)8-7-18-16(11-20)10-17(24-18)13-22-19(23)9-14-3-5-15(12-21)6-4-14/h3-6,10H,7-9,11-13,21H2,1-2H3,(H,22,23). The molecule has 0 bridgehead atoms. The molecule has 1 aromatic heterocycles. The molecule has 0 fully saturated rings. The van der Waals surface area contributed by atoms with E-state index in [9.17, 15) is 4.79 Å². The summed E-state index contributed by atoms with van der Waals surface area (Å²) in [6.45, 7) is 5.85. The zero-order chi connectivity index (χ0) is 17.2. The second kappa shape index (κ2) is 7.08. The smallest absolute Gasteiger partial charge is 0.224 e. The predicted octanol–water partition coefficient (Wildman–Crippen LogP) is 3.58. The van der Waals surface area contributed by atoms with Gasteiger partial charge in [0, 0.05) is 16.3 Å². The lowest BCUT2D eigenvalue weighted by molar-refractivity contribution is -0.120. The molecule has 0 spiro atoms. The number of nitrogens with two attached hydrogens (primary N) is 1.